The second-order valence-corrected chi connectivity index (χ2v) is 6.43. The molecule has 1 N–H and O–H groups in total. The first-order chi connectivity index (χ1) is 11.4. The maximum Gasteiger partial charge on any atom is 0.234 e. The third-order valence-corrected chi connectivity index (χ3v) is 4.43. The first-order valence-corrected chi connectivity index (χ1v) is 8.53. The lowest BCUT2D eigenvalue weighted by Crippen LogP contribution is -2.38. The van der Waals surface area contributed by atoms with Gasteiger partial charge in [0.05, 0.1) is 18.3 Å². The van der Waals surface area contributed by atoms with Crippen LogP contribution in [0, 0.1) is 6.92 Å². The van der Waals surface area contributed by atoms with Gasteiger partial charge >= 0.3 is 0 Å². The van der Waals surface area contributed by atoms with E-state index in [1.807, 2.05) is 58.3 Å². The average Bonchev–Trinajstić information content (AvgIpc) is 2.87. The van der Waals surface area contributed by atoms with Gasteiger partial charge in [0.25, 0.3) is 0 Å². The van der Waals surface area contributed by atoms with E-state index in [2.05, 4.69) is 15.3 Å². The van der Waals surface area contributed by atoms with Crippen molar-refractivity contribution in [1.82, 2.24) is 20.0 Å². The fourth-order valence-electron chi connectivity index (χ4n) is 2.76. The predicted octanol–water partition coefficient (Wildman–Crippen LogP) is 3.08. The van der Waals surface area contributed by atoms with Crippen molar-refractivity contribution >= 4 is 17.5 Å². The highest BCUT2D eigenvalue weighted by molar-refractivity contribution is 6.31. The van der Waals surface area contributed by atoms with Gasteiger partial charge in [-0.2, -0.15) is 5.10 Å². The summed E-state index contributed by atoms with van der Waals surface area (Å²) in [6.07, 6.45) is 1.95. The molecule has 5 nitrogen and oxygen atoms in total. The maximum atomic E-state index is 12.4. The minimum absolute atomic E-state index is 0.000318. The van der Waals surface area contributed by atoms with Gasteiger partial charge in [0.1, 0.15) is 0 Å². The van der Waals surface area contributed by atoms with Gasteiger partial charge < -0.3 is 5.32 Å². The fourth-order valence-corrected chi connectivity index (χ4v) is 2.95. The van der Waals surface area contributed by atoms with E-state index in [1.165, 1.54) is 0 Å². The Morgan fingerprint density at radius 1 is 1.42 bits per heavy atom. The molecule has 0 fully saturated rings. The summed E-state index contributed by atoms with van der Waals surface area (Å²) < 4.78 is 1.77. The van der Waals surface area contributed by atoms with Crippen LogP contribution in [-0.2, 0) is 18.4 Å². The minimum Gasteiger partial charge on any atom is -0.348 e. The number of halogens is 1. The molecule has 1 aromatic heterocycles. The summed E-state index contributed by atoms with van der Waals surface area (Å²) >= 11 is 6.21. The van der Waals surface area contributed by atoms with Crippen molar-refractivity contribution in [2.75, 3.05) is 13.1 Å². The maximum absolute atomic E-state index is 12.4. The highest BCUT2D eigenvalue weighted by Crippen LogP contribution is 2.18. The molecule has 0 spiro atoms. The van der Waals surface area contributed by atoms with Crippen LogP contribution >= 0.6 is 11.6 Å². The van der Waals surface area contributed by atoms with Gasteiger partial charge in [0.15, 0.2) is 0 Å². The lowest BCUT2D eigenvalue weighted by Gasteiger charge is -2.22. The monoisotopic (exact) mass is 348 g/mol. The van der Waals surface area contributed by atoms with Crippen molar-refractivity contribution < 1.29 is 4.79 Å². The second-order valence-electron chi connectivity index (χ2n) is 6.03. The van der Waals surface area contributed by atoms with Crippen molar-refractivity contribution in [2.24, 2.45) is 7.05 Å². The molecule has 1 aromatic carbocycles. The molecule has 0 bridgehead atoms. The summed E-state index contributed by atoms with van der Waals surface area (Å²) in [5.41, 5.74) is 3.01. The Balaban J connectivity index is 1.94. The normalized spacial score (nSPS) is 12.4. The summed E-state index contributed by atoms with van der Waals surface area (Å²) in [5, 5.41) is 8.10. The lowest BCUT2D eigenvalue weighted by atomic mass is 10.1. The van der Waals surface area contributed by atoms with Crippen LogP contribution in [-0.4, -0.2) is 33.7 Å². The van der Waals surface area contributed by atoms with E-state index in [9.17, 15) is 4.79 Å². The van der Waals surface area contributed by atoms with E-state index in [1.54, 1.807) is 4.68 Å². The van der Waals surface area contributed by atoms with E-state index >= 15 is 0 Å². The first kappa shape index (κ1) is 18.5. The molecule has 0 radical (unpaired) electrons. The van der Waals surface area contributed by atoms with Gasteiger partial charge in [-0.15, -0.1) is 0 Å². The van der Waals surface area contributed by atoms with Crippen molar-refractivity contribution in [2.45, 2.75) is 33.4 Å². The zero-order valence-electron chi connectivity index (χ0n) is 14.7. The number of hydrogen-bond donors (Lipinski definition) is 1. The minimum atomic E-state index is -0.0646. The molecule has 0 aliphatic heterocycles. The molecule has 1 unspecified atom stereocenters. The van der Waals surface area contributed by atoms with Crippen LogP contribution in [0.1, 0.15) is 36.7 Å². The van der Waals surface area contributed by atoms with Crippen molar-refractivity contribution in [1.29, 1.82) is 0 Å². The van der Waals surface area contributed by atoms with Gasteiger partial charge in [-0.25, -0.2) is 0 Å². The molecule has 1 amide bonds. The number of benzene rings is 1. The van der Waals surface area contributed by atoms with Crippen LogP contribution in [0.5, 0.6) is 0 Å². The molecule has 1 atom stereocenters. The number of carbonyl (C=O) groups excluding carboxylic acids is 1. The number of aromatic nitrogens is 2. The van der Waals surface area contributed by atoms with E-state index in [0.717, 1.165) is 28.4 Å². The van der Waals surface area contributed by atoms with Crippen molar-refractivity contribution in [3.63, 3.8) is 0 Å². The number of carbonyl (C=O) groups is 1. The zero-order valence-corrected chi connectivity index (χ0v) is 15.5. The molecule has 6 heteroatoms. The number of nitrogens with zero attached hydrogens (tertiary/aromatic N) is 3. The summed E-state index contributed by atoms with van der Waals surface area (Å²) in [4.78, 5) is 14.4. The van der Waals surface area contributed by atoms with Gasteiger partial charge in [-0.05, 0) is 32.0 Å². The second kappa shape index (κ2) is 8.31. The van der Waals surface area contributed by atoms with Crippen LogP contribution in [0.15, 0.2) is 30.5 Å². The van der Waals surface area contributed by atoms with Gasteiger partial charge in [0.2, 0.25) is 5.91 Å². The van der Waals surface area contributed by atoms with E-state index < -0.39 is 0 Å². The van der Waals surface area contributed by atoms with Crippen LogP contribution in [0.2, 0.25) is 5.02 Å². The quantitative estimate of drug-likeness (QED) is 0.836. The Bertz CT molecular complexity index is 698. The number of amides is 1. The SMILES string of the molecule is CCN(CC(=O)NC(C)c1cn(C)nc1C)Cc1ccccc1Cl. The molecule has 0 saturated carbocycles. The topological polar surface area (TPSA) is 50.2 Å². The van der Waals surface area contributed by atoms with Crippen LogP contribution in [0.3, 0.4) is 0 Å². The van der Waals surface area contributed by atoms with Gasteiger partial charge in [-0.3, -0.25) is 14.4 Å². The molecular formula is C18H25ClN4O. The molecule has 1 heterocycles. The van der Waals surface area contributed by atoms with E-state index in [4.69, 9.17) is 11.6 Å². The number of nitrogens with one attached hydrogen (secondary N) is 1. The Hall–Kier alpha value is -1.85. The summed E-state index contributed by atoms with van der Waals surface area (Å²) in [7, 11) is 1.88. The largest absolute Gasteiger partial charge is 0.348 e. The molecular weight excluding hydrogens is 324 g/mol. The molecule has 0 aliphatic carbocycles. The Kier molecular flexibility index (Phi) is 6.40. The number of likely N-dealkylation sites (N-methyl/N-ethyl adjacent to an activating group) is 1. The Morgan fingerprint density at radius 3 is 2.71 bits per heavy atom. The van der Waals surface area contributed by atoms with Crippen LogP contribution < -0.4 is 5.32 Å². The van der Waals surface area contributed by atoms with E-state index in [0.29, 0.717) is 13.1 Å². The zero-order chi connectivity index (χ0) is 17.7. The molecule has 2 aromatic rings. The smallest absolute Gasteiger partial charge is 0.234 e. The first-order valence-electron chi connectivity index (χ1n) is 8.16. The predicted molar refractivity (Wildman–Crippen MR) is 96.9 cm³/mol. The Labute approximate surface area is 148 Å². The number of aryl methyl sites for hydroxylation is 2. The van der Waals surface area contributed by atoms with Crippen molar-refractivity contribution in [3.8, 4) is 0 Å². The van der Waals surface area contributed by atoms with Crippen LogP contribution in [0.4, 0.5) is 0 Å². The summed E-state index contributed by atoms with van der Waals surface area (Å²) in [6, 6.07) is 7.67. The van der Waals surface area contributed by atoms with E-state index in [-0.39, 0.29) is 11.9 Å². The lowest BCUT2D eigenvalue weighted by molar-refractivity contribution is -0.123. The standard InChI is InChI=1S/C18H25ClN4O/c1-5-23(10-15-8-6-7-9-17(15)19)12-18(24)20-13(2)16-11-22(4)21-14(16)3/h6-9,11,13H,5,10,12H2,1-4H3,(H,20,24). The van der Waals surface area contributed by atoms with Gasteiger partial charge in [0, 0.05) is 30.4 Å². The molecule has 130 valence electrons. The van der Waals surface area contributed by atoms with Gasteiger partial charge in [-0.1, -0.05) is 36.7 Å². The third-order valence-electron chi connectivity index (χ3n) is 4.06. The highest BCUT2D eigenvalue weighted by Gasteiger charge is 2.16. The molecule has 0 aliphatic rings. The molecule has 0 saturated heterocycles. The van der Waals surface area contributed by atoms with Crippen molar-refractivity contribution in [3.05, 3.63) is 52.3 Å². The summed E-state index contributed by atoms with van der Waals surface area (Å²) in [6.45, 7) is 7.74. The molecule has 2 rings (SSSR count). The number of rotatable bonds is 7. The highest BCUT2D eigenvalue weighted by atomic mass is 35.5. The Morgan fingerprint density at radius 2 is 2.12 bits per heavy atom. The number of hydrogen-bond acceptors (Lipinski definition) is 3. The fraction of sp³-hybridized carbons (Fsp3) is 0.444. The average molecular weight is 349 g/mol. The van der Waals surface area contributed by atoms with Crippen LogP contribution in [0.25, 0.3) is 0 Å². The third kappa shape index (κ3) is 4.82. The molecule has 24 heavy (non-hydrogen) atoms. The summed E-state index contributed by atoms with van der Waals surface area (Å²) in [5.74, 6) is -0.000318.